The first-order valence-corrected chi connectivity index (χ1v) is 7.89. The summed E-state index contributed by atoms with van der Waals surface area (Å²) in [6.07, 6.45) is 1.83. The summed E-state index contributed by atoms with van der Waals surface area (Å²) in [5, 5.41) is 3.09. The number of anilines is 1. The maximum Gasteiger partial charge on any atom is 0.344 e. The van der Waals surface area contributed by atoms with E-state index < -0.39 is 17.5 Å². The van der Waals surface area contributed by atoms with Crippen LogP contribution in [-0.4, -0.2) is 42.1 Å². The van der Waals surface area contributed by atoms with Crippen molar-refractivity contribution in [3.05, 3.63) is 30.0 Å². The number of benzene rings is 1. The number of aromatic amines is 1. The number of nitrogen functional groups attached to an aromatic ring is 1. The van der Waals surface area contributed by atoms with Gasteiger partial charge in [-0.25, -0.2) is 9.59 Å². The van der Waals surface area contributed by atoms with Crippen LogP contribution in [0.4, 0.5) is 5.69 Å². The van der Waals surface area contributed by atoms with Gasteiger partial charge in [-0.15, -0.1) is 0 Å². The van der Waals surface area contributed by atoms with E-state index in [-0.39, 0.29) is 19.6 Å². The molecule has 0 saturated carbocycles. The van der Waals surface area contributed by atoms with Crippen LogP contribution in [0.3, 0.4) is 0 Å². The molecule has 0 unspecified atom stereocenters. The van der Waals surface area contributed by atoms with E-state index in [2.05, 4.69) is 10.3 Å². The number of nitrogens with two attached hydrogens (primary N) is 1. The van der Waals surface area contributed by atoms with Crippen LogP contribution in [0.15, 0.2) is 24.4 Å². The zero-order valence-electron chi connectivity index (χ0n) is 14.1. The maximum atomic E-state index is 12.5. The molecule has 1 aromatic heterocycles. The number of amides is 1. The van der Waals surface area contributed by atoms with Gasteiger partial charge in [-0.2, -0.15) is 0 Å². The van der Waals surface area contributed by atoms with Crippen molar-refractivity contribution in [2.24, 2.45) is 0 Å². The largest absolute Gasteiger partial charge is 0.464 e. The number of hydrogen-bond donors (Lipinski definition) is 3. The smallest absolute Gasteiger partial charge is 0.344 e. The summed E-state index contributed by atoms with van der Waals surface area (Å²) in [5.41, 5.74) is 5.78. The third-order valence-electron chi connectivity index (χ3n) is 3.80. The van der Waals surface area contributed by atoms with E-state index in [0.29, 0.717) is 17.7 Å². The molecular formula is C17H21N3O5. The number of fused-ring (bicyclic) bond motifs is 1. The number of carbonyl (C=O) groups excluding carboxylic acids is 3. The minimum absolute atomic E-state index is 0.0605. The van der Waals surface area contributed by atoms with Gasteiger partial charge in [0.05, 0.1) is 13.2 Å². The van der Waals surface area contributed by atoms with Crippen molar-refractivity contribution in [2.75, 3.05) is 18.9 Å². The summed E-state index contributed by atoms with van der Waals surface area (Å²) >= 11 is 0. The molecule has 0 aliphatic heterocycles. The molecular weight excluding hydrogens is 326 g/mol. The Hall–Kier alpha value is -3.03. The van der Waals surface area contributed by atoms with Gasteiger partial charge < -0.3 is 25.5 Å². The Balaban J connectivity index is 2.50. The molecule has 1 heterocycles. The highest BCUT2D eigenvalue weighted by Crippen LogP contribution is 2.26. The Morgan fingerprint density at radius 1 is 1.24 bits per heavy atom. The second-order valence-electron chi connectivity index (χ2n) is 5.40. The van der Waals surface area contributed by atoms with E-state index in [1.54, 1.807) is 38.2 Å². The van der Waals surface area contributed by atoms with Gasteiger partial charge in [0, 0.05) is 29.2 Å². The molecule has 0 spiro atoms. The summed E-state index contributed by atoms with van der Waals surface area (Å²) in [6, 6.07) is 5.23. The lowest BCUT2D eigenvalue weighted by molar-refractivity contribution is -0.167. The number of carbonyl (C=O) groups is 3. The van der Waals surface area contributed by atoms with Gasteiger partial charge in [-0.1, -0.05) is 6.07 Å². The number of H-pyrrole nitrogens is 1. The molecule has 0 aliphatic carbocycles. The Bertz CT molecular complexity index is 766. The summed E-state index contributed by atoms with van der Waals surface area (Å²) in [5.74, 6) is -1.74. The van der Waals surface area contributed by atoms with Crippen LogP contribution in [0.2, 0.25) is 0 Å². The van der Waals surface area contributed by atoms with Gasteiger partial charge >= 0.3 is 11.9 Å². The molecule has 134 valence electrons. The monoisotopic (exact) mass is 347 g/mol. The zero-order chi connectivity index (χ0) is 18.4. The average molecular weight is 347 g/mol. The topological polar surface area (TPSA) is 124 Å². The molecule has 0 atom stereocenters. The van der Waals surface area contributed by atoms with E-state index in [0.717, 1.165) is 10.9 Å². The lowest BCUT2D eigenvalue weighted by atomic mass is 9.90. The van der Waals surface area contributed by atoms with Crippen LogP contribution >= 0.6 is 0 Å². The van der Waals surface area contributed by atoms with Gasteiger partial charge in [0.25, 0.3) is 0 Å². The second-order valence-corrected chi connectivity index (χ2v) is 5.40. The van der Waals surface area contributed by atoms with E-state index in [4.69, 9.17) is 15.2 Å². The Morgan fingerprint density at radius 2 is 1.88 bits per heavy atom. The molecule has 0 radical (unpaired) electrons. The van der Waals surface area contributed by atoms with E-state index >= 15 is 0 Å². The Labute approximate surface area is 144 Å². The first-order chi connectivity index (χ1) is 12.0. The minimum Gasteiger partial charge on any atom is -0.464 e. The molecule has 8 nitrogen and oxygen atoms in total. The second kappa shape index (κ2) is 7.69. The van der Waals surface area contributed by atoms with Crippen molar-refractivity contribution in [1.29, 1.82) is 0 Å². The van der Waals surface area contributed by atoms with Crippen LogP contribution in [0.5, 0.6) is 0 Å². The van der Waals surface area contributed by atoms with Crippen molar-refractivity contribution in [1.82, 2.24) is 10.3 Å². The van der Waals surface area contributed by atoms with E-state index in [9.17, 15) is 14.4 Å². The number of nitrogens with one attached hydrogen (secondary N) is 2. The normalized spacial score (nSPS) is 11.1. The fourth-order valence-electron chi connectivity index (χ4n) is 2.64. The summed E-state index contributed by atoms with van der Waals surface area (Å²) < 4.78 is 10.0. The van der Waals surface area contributed by atoms with Crippen LogP contribution in [0, 0.1) is 0 Å². The number of hydrogen-bond acceptors (Lipinski definition) is 6. The molecule has 0 fully saturated rings. The predicted molar refractivity (Wildman–Crippen MR) is 91.6 cm³/mol. The molecule has 25 heavy (non-hydrogen) atoms. The molecule has 1 aromatic carbocycles. The third kappa shape index (κ3) is 3.57. The van der Waals surface area contributed by atoms with Crippen LogP contribution < -0.4 is 11.1 Å². The van der Waals surface area contributed by atoms with Crippen molar-refractivity contribution in [3.63, 3.8) is 0 Å². The predicted octanol–water partition coefficient (Wildman–Crippen LogP) is 0.904. The zero-order valence-corrected chi connectivity index (χ0v) is 14.1. The van der Waals surface area contributed by atoms with Crippen LogP contribution in [0.25, 0.3) is 10.9 Å². The highest BCUT2D eigenvalue weighted by atomic mass is 16.6. The first-order valence-electron chi connectivity index (χ1n) is 7.89. The minimum atomic E-state index is -1.95. The standard InChI is InChI=1S/C17H21N3O5/c1-3-24-15(22)17(20-10-21,16(23)25-4-2)8-11-9-19-14-7-12(18)5-6-13(11)14/h5-7,9-10,19H,3-4,8,18H2,1-2H3,(H,20,21). The van der Waals surface area contributed by atoms with Crippen LogP contribution in [0.1, 0.15) is 19.4 Å². The van der Waals surface area contributed by atoms with E-state index in [1.165, 1.54) is 0 Å². The highest BCUT2D eigenvalue weighted by Gasteiger charge is 2.49. The summed E-state index contributed by atoms with van der Waals surface area (Å²) in [4.78, 5) is 39.2. The number of esters is 2. The number of aromatic nitrogens is 1. The lowest BCUT2D eigenvalue weighted by Crippen LogP contribution is -2.60. The van der Waals surface area contributed by atoms with Crippen LogP contribution in [-0.2, 0) is 30.3 Å². The van der Waals surface area contributed by atoms with Gasteiger partial charge in [0.2, 0.25) is 11.9 Å². The molecule has 8 heteroatoms. The van der Waals surface area contributed by atoms with Gasteiger partial charge in [-0.05, 0) is 31.5 Å². The fourth-order valence-corrected chi connectivity index (χ4v) is 2.64. The Kier molecular flexibility index (Phi) is 5.63. The lowest BCUT2D eigenvalue weighted by Gasteiger charge is -2.28. The third-order valence-corrected chi connectivity index (χ3v) is 3.80. The molecule has 2 aromatic rings. The molecule has 4 N–H and O–H groups in total. The molecule has 0 aliphatic rings. The average Bonchev–Trinajstić information content (AvgIpc) is 2.96. The summed E-state index contributed by atoms with van der Waals surface area (Å²) in [6.45, 7) is 3.35. The van der Waals surface area contributed by atoms with Crippen molar-refractivity contribution < 1.29 is 23.9 Å². The molecule has 1 amide bonds. The molecule has 0 bridgehead atoms. The first kappa shape index (κ1) is 18.3. The van der Waals surface area contributed by atoms with Crippen molar-refractivity contribution in [2.45, 2.75) is 25.8 Å². The maximum absolute atomic E-state index is 12.5. The quantitative estimate of drug-likeness (QED) is 0.282. The van der Waals surface area contributed by atoms with Crippen molar-refractivity contribution >= 4 is 34.9 Å². The van der Waals surface area contributed by atoms with Gasteiger partial charge in [0.1, 0.15) is 0 Å². The number of rotatable bonds is 8. The fraction of sp³-hybridized carbons (Fsp3) is 0.353. The van der Waals surface area contributed by atoms with E-state index in [1.807, 2.05) is 0 Å². The van der Waals surface area contributed by atoms with Gasteiger partial charge in [0.15, 0.2) is 0 Å². The number of ether oxygens (including phenoxy) is 2. The molecule has 0 saturated heterocycles. The Morgan fingerprint density at radius 3 is 2.44 bits per heavy atom. The summed E-state index contributed by atoms with van der Waals surface area (Å²) in [7, 11) is 0. The SMILES string of the molecule is CCOC(=O)C(Cc1c[nH]c2cc(N)ccc12)(NC=O)C(=O)OCC. The van der Waals surface area contributed by atoms with Gasteiger partial charge in [-0.3, -0.25) is 4.79 Å². The van der Waals surface area contributed by atoms with Crippen molar-refractivity contribution in [3.8, 4) is 0 Å². The highest BCUT2D eigenvalue weighted by molar-refractivity contribution is 6.07. The molecule has 2 rings (SSSR count).